The molecule has 0 aliphatic carbocycles. The Labute approximate surface area is 140 Å². The molecule has 0 unspecified atom stereocenters. The highest BCUT2D eigenvalue weighted by atomic mass is 32.1. The third kappa shape index (κ3) is 5.54. The zero-order valence-electron chi connectivity index (χ0n) is 13.0. The standard InChI is InChI=1S/C16H16F3NO3S/c1-15(2,22)9-20-14(21)13-7-11(8-24-13)10-3-5-12(6-4-10)23-16(17,18)19/h3-8,22H,9H2,1-2H3,(H,20,21). The summed E-state index contributed by atoms with van der Waals surface area (Å²) in [7, 11) is 0. The molecule has 1 amide bonds. The topological polar surface area (TPSA) is 58.6 Å². The van der Waals surface area contributed by atoms with E-state index in [4.69, 9.17) is 0 Å². The molecule has 0 spiro atoms. The van der Waals surface area contributed by atoms with Gasteiger partial charge in [-0.05, 0) is 48.6 Å². The number of benzene rings is 1. The highest BCUT2D eigenvalue weighted by molar-refractivity contribution is 7.12. The normalized spacial score (nSPS) is 12.1. The van der Waals surface area contributed by atoms with Crippen LogP contribution in [0.2, 0.25) is 0 Å². The number of thiophene rings is 1. The minimum atomic E-state index is -4.73. The number of nitrogens with one attached hydrogen (secondary N) is 1. The van der Waals surface area contributed by atoms with Crippen molar-refractivity contribution in [3.05, 3.63) is 40.6 Å². The number of hydrogen-bond donors (Lipinski definition) is 2. The van der Waals surface area contributed by atoms with Gasteiger partial charge in [-0.15, -0.1) is 24.5 Å². The first-order valence-electron chi connectivity index (χ1n) is 6.99. The van der Waals surface area contributed by atoms with E-state index in [9.17, 15) is 23.1 Å². The van der Waals surface area contributed by atoms with Crippen LogP contribution in [-0.4, -0.2) is 29.5 Å². The van der Waals surface area contributed by atoms with E-state index in [2.05, 4.69) is 10.1 Å². The Kier molecular flexibility index (Phi) is 5.19. The predicted molar refractivity (Wildman–Crippen MR) is 85.1 cm³/mol. The van der Waals surface area contributed by atoms with E-state index in [1.807, 2.05) is 0 Å². The maximum absolute atomic E-state index is 12.1. The average Bonchev–Trinajstić information content (AvgIpc) is 2.93. The van der Waals surface area contributed by atoms with Gasteiger partial charge in [0.05, 0.1) is 10.5 Å². The van der Waals surface area contributed by atoms with E-state index < -0.39 is 12.0 Å². The molecule has 1 aromatic heterocycles. The molecule has 8 heteroatoms. The lowest BCUT2D eigenvalue weighted by molar-refractivity contribution is -0.274. The number of carbonyl (C=O) groups is 1. The van der Waals surface area contributed by atoms with Crippen LogP contribution in [0.25, 0.3) is 11.1 Å². The lowest BCUT2D eigenvalue weighted by Crippen LogP contribution is -2.37. The van der Waals surface area contributed by atoms with Crippen molar-refractivity contribution in [2.24, 2.45) is 0 Å². The summed E-state index contributed by atoms with van der Waals surface area (Å²) in [5, 5.41) is 13.9. The molecule has 0 aliphatic heterocycles. The van der Waals surface area contributed by atoms with Gasteiger partial charge in [0.25, 0.3) is 5.91 Å². The zero-order valence-corrected chi connectivity index (χ0v) is 13.8. The van der Waals surface area contributed by atoms with Crippen molar-refractivity contribution in [2.75, 3.05) is 6.54 Å². The third-order valence-electron chi connectivity index (χ3n) is 2.93. The molecule has 0 aliphatic rings. The van der Waals surface area contributed by atoms with Crippen molar-refractivity contribution in [2.45, 2.75) is 25.8 Å². The maximum atomic E-state index is 12.1. The second kappa shape index (κ2) is 6.82. The molecule has 0 saturated carbocycles. The van der Waals surface area contributed by atoms with Crippen LogP contribution in [0.4, 0.5) is 13.2 Å². The molecule has 130 valence electrons. The summed E-state index contributed by atoms with van der Waals surface area (Å²) in [6.07, 6.45) is -4.73. The van der Waals surface area contributed by atoms with Gasteiger partial charge >= 0.3 is 6.36 Å². The van der Waals surface area contributed by atoms with Crippen LogP contribution >= 0.6 is 11.3 Å². The molecule has 4 nitrogen and oxygen atoms in total. The predicted octanol–water partition coefficient (Wildman–Crippen LogP) is 3.81. The van der Waals surface area contributed by atoms with Crippen molar-refractivity contribution in [1.29, 1.82) is 0 Å². The molecule has 0 fully saturated rings. The highest BCUT2D eigenvalue weighted by Gasteiger charge is 2.31. The van der Waals surface area contributed by atoms with Gasteiger partial charge in [0.1, 0.15) is 5.75 Å². The first-order valence-corrected chi connectivity index (χ1v) is 7.87. The molecule has 0 radical (unpaired) electrons. The zero-order chi connectivity index (χ0) is 18.0. The molecule has 2 rings (SSSR count). The minimum absolute atomic E-state index is 0.114. The Bertz CT molecular complexity index is 703. The van der Waals surface area contributed by atoms with E-state index in [0.29, 0.717) is 16.0 Å². The lowest BCUT2D eigenvalue weighted by atomic mass is 10.1. The number of alkyl halides is 3. The number of carbonyl (C=O) groups excluding carboxylic acids is 1. The molecule has 0 atom stereocenters. The van der Waals surface area contributed by atoms with Gasteiger partial charge in [-0.1, -0.05) is 12.1 Å². The van der Waals surface area contributed by atoms with Crippen molar-refractivity contribution in [3.8, 4) is 16.9 Å². The summed E-state index contributed by atoms with van der Waals surface area (Å²) in [5.74, 6) is -0.616. The molecule has 1 aromatic carbocycles. The van der Waals surface area contributed by atoms with Crippen molar-refractivity contribution < 1.29 is 27.8 Å². The fourth-order valence-electron chi connectivity index (χ4n) is 1.84. The number of halogens is 3. The fourth-order valence-corrected chi connectivity index (χ4v) is 2.67. The van der Waals surface area contributed by atoms with Gasteiger partial charge in [-0.2, -0.15) is 0 Å². The minimum Gasteiger partial charge on any atom is -0.406 e. The first kappa shape index (κ1) is 18.3. The van der Waals surface area contributed by atoms with Gasteiger partial charge in [-0.25, -0.2) is 0 Å². The van der Waals surface area contributed by atoms with Crippen LogP contribution in [0.5, 0.6) is 5.75 Å². The third-order valence-corrected chi connectivity index (χ3v) is 3.85. The first-order chi connectivity index (χ1) is 11.0. The molecule has 0 bridgehead atoms. The lowest BCUT2D eigenvalue weighted by Gasteiger charge is -2.17. The van der Waals surface area contributed by atoms with E-state index >= 15 is 0 Å². The Morgan fingerprint density at radius 1 is 1.21 bits per heavy atom. The summed E-state index contributed by atoms with van der Waals surface area (Å²) >= 11 is 1.21. The van der Waals surface area contributed by atoms with Crippen molar-refractivity contribution >= 4 is 17.2 Å². The second-order valence-electron chi connectivity index (χ2n) is 5.77. The highest BCUT2D eigenvalue weighted by Crippen LogP contribution is 2.29. The van der Waals surface area contributed by atoms with Gasteiger partial charge in [0.2, 0.25) is 0 Å². The average molecular weight is 359 g/mol. The second-order valence-corrected chi connectivity index (χ2v) is 6.68. The number of rotatable bonds is 5. The van der Waals surface area contributed by atoms with Crippen LogP contribution in [-0.2, 0) is 0 Å². The molecular weight excluding hydrogens is 343 g/mol. The number of hydrogen-bond acceptors (Lipinski definition) is 4. The molecule has 2 aromatic rings. The molecular formula is C16H16F3NO3S. The number of amides is 1. The Morgan fingerprint density at radius 3 is 2.38 bits per heavy atom. The Hall–Kier alpha value is -2.06. The SMILES string of the molecule is CC(C)(O)CNC(=O)c1cc(-c2ccc(OC(F)(F)F)cc2)cs1. The van der Waals surface area contributed by atoms with Gasteiger partial charge in [0.15, 0.2) is 0 Å². The molecule has 2 N–H and O–H groups in total. The van der Waals surface area contributed by atoms with Crippen LogP contribution in [0, 0.1) is 0 Å². The summed E-state index contributed by atoms with van der Waals surface area (Å²) in [5.41, 5.74) is 0.374. The van der Waals surface area contributed by atoms with E-state index in [1.165, 1.54) is 35.6 Å². The molecule has 1 heterocycles. The number of aliphatic hydroxyl groups is 1. The van der Waals surface area contributed by atoms with Crippen molar-refractivity contribution in [1.82, 2.24) is 5.32 Å². The van der Waals surface area contributed by atoms with Gasteiger partial charge in [-0.3, -0.25) is 4.79 Å². The summed E-state index contributed by atoms with van der Waals surface area (Å²) in [6.45, 7) is 3.28. The summed E-state index contributed by atoms with van der Waals surface area (Å²) in [4.78, 5) is 12.4. The van der Waals surface area contributed by atoms with Crippen LogP contribution in [0.15, 0.2) is 35.7 Å². The van der Waals surface area contributed by atoms with E-state index in [1.54, 1.807) is 25.3 Å². The van der Waals surface area contributed by atoms with Gasteiger partial charge in [0, 0.05) is 6.54 Å². The summed E-state index contributed by atoms with van der Waals surface area (Å²) < 4.78 is 40.2. The largest absolute Gasteiger partial charge is 0.573 e. The van der Waals surface area contributed by atoms with Gasteiger partial charge < -0.3 is 15.2 Å². The van der Waals surface area contributed by atoms with Crippen LogP contribution < -0.4 is 10.1 Å². The Morgan fingerprint density at radius 2 is 1.83 bits per heavy atom. The maximum Gasteiger partial charge on any atom is 0.573 e. The van der Waals surface area contributed by atoms with Crippen LogP contribution in [0.3, 0.4) is 0 Å². The van der Waals surface area contributed by atoms with Crippen LogP contribution in [0.1, 0.15) is 23.5 Å². The number of ether oxygens (including phenoxy) is 1. The summed E-state index contributed by atoms with van der Waals surface area (Å²) in [6, 6.07) is 7.05. The van der Waals surface area contributed by atoms with E-state index in [-0.39, 0.29) is 18.2 Å². The Balaban J connectivity index is 2.06. The monoisotopic (exact) mass is 359 g/mol. The van der Waals surface area contributed by atoms with E-state index in [0.717, 1.165) is 0 Å². The van der Waals surface area contributed by atoms with Crippen molar-refractivity contribution in [3.63, 3.8) is 0 Å². The smallest absolute Gasteiger partial charge is 0.406 e. The quantitative estimate of drug-likeness (QED) is 0.853. The molecule has 24 heavy (non-hydrogen) atoms. The molecule has 0 saturated heterocycles. The fraction of sp³-hybridized carbons (Fsp3) is 0.312.